The molecule has 2 nitrogen and oxygen atoms in total. The third kappa shape index (κ3) is 3.03. The van der Waals surface area contributed by atoms with Crippen LogP contribution in [0, 0.1) is 5.92 Å². The molecule has 15 heavy (non-hydrogen) atoms. The lowest BCUT2D eigenvalue weighted by Crippen LogP contribution is -2.43. The lowest BCUT2D eigenvalue weighted by Gasteiger charge is -2.30. The molecule has 0 aliphatic carbocycles. The van der Waals surface area contributed by atoms with E-state index < -0.39 is 0 Å². The van der Waals surface area contributed by atoms with Gasteiger partial charge in [0.1, 0.15) is 6.10 Å². The summed E-state index contributed by atoms with van der Waals surface area (Å²) in [7, 11) is 0. The van der Waals surface area contributed by atoms with E-state index in [0.717, 1.165) is 19.1 Å². The number of nitrogens with one attached hydrogen (secondary N) is 1. The summed E-state index contributed by atoms with van der Waals surface area (Å²) < 4.78 is 5.88. The Morgan fingerprint density at radius 1 is 1.60 bits per heavy atom. The van der Waals surface area contributed by atoms with Crippen LogP contribution in [0.5, 0.6) is 0 Å². The SMILES string of the molecule is CC(C)CC1COC(c2cccs2)CN1. The first-order valence-corrected chi connectivity index (χ1v) is 6.52. The van der Waals surface area contributed by atoms with E-state index >= 15 is 0 Å². The largest absolute Gasteiger partial charge is 0.370 e. The Morgan fingerprint density at radius 2 is 2.47 bits per heavy atom. The van der Waals surface area contributed by atoms with Gasteiger partial charge in [0.25, 0.3) is 0 Å². The highest BCUT2D eigenvalue weighted by Gasteiger charge is 2.23. The molecule has 1 N–H and O–H groups in total. The molecule has 2 atom stereocenters. The molecule has 0 aromatic carbocycles. The topological polar surface area (TPSA) is 21.3 Å². The molecule has 1 aromatic rings. The van der Waals surface area contributed by atoms with Crippen LogP contribution in [-0.2, 0) is 4.74 Å². The monoisotopic (exact) mass is 225 g/mol. The highest BCUT2D eigenvalue weighted by atomic mass is 32.1. The summed E-state index contributed by atoms with van der Waals surface area (Å²) in [6, 6.07) is 4.78. The van der Waals surface area contributed by atoms with Crippen molar-refractivity contribution in [3.05, 3.63) is 22.4 Å². The highest BCUT2D eigenvalue weighted by Crippen LogP contribution is 2.25. The van der Waals surface area contributed by atoms with Crippen molar-refractivity contribution in [3.8, 4) is 0 Å². The van der Waals surface area contributed by atoms with Crippen molar-refractivity contribution in [2.75, 3.05) is 13.2 Å². The van der Waals surface area contributed by atoms with E-state index in [2.05, 4.69) is 36.7 Å². The van der Waals surface area contributed by atoms with Gasteiger partial charge in [-0.1, -0.05) is 19.9 Å². The van der Waals surface area contributed by atoms with Crippen molar-refractivity contribution in [2.24, 2.45) is 5.92 Å². The van der Waals surface area contributed by atoms with Gasteiger partial charge in [-0.25, -0.2) is 0 Å². The molecule has 0 amide bonds. The molecule has 1 aliphatic heterocycles. The number of hydrogen-bond donors (Lipinski definition) is 1. The fourth-order valence-corrected chi connectivity index (χ4v) is 2.78. The summed E-state index contributed by atoms with van der Waals surface area (Å²) in [5.74, 6) is 0.740. The van der Waals surface area contributed by atoms with Gasteiger partial charge >= 0.3 is 0 Å². The van der Waals surface area contributed by atoms with Gasteiger partial charge in [0.05, 0.1) is 6.61 Å². The number of ether oxygens (including phenoxy) is 1. The van der Waals surface area contributed by atoms with E-state index in [1.165, 1.54) is 11.3 Å². The fraction of sp³-hybridized carbons (Fsp3) is 0.667. The minimum atomic E-state index is 0.272. The molecule has 84 valence electrons. The van der Waals surface area contributed by atoms with Crippen LogP contribution < -0.4 is 5.32 Å². The summed E-state index contributed by atoms with van der Waals surface area (Å²) in [5.41, 5.74) is 0. The van der Waals surface area contributed by atoms with Crippen LogP contribution in [0.4, 0.5) is 0 Å². The van der Waals surface area contributed by atoms with Crippen LogP contribution in [0.3, 0.4) is 0 Å². The van der Waals surface area contributed by atoms with Crippen LogP contribution in [0.25, 0.3) is 0 Å². The Morgan fingerprint density at radius 3 is 3.00 bits per heavy atom. The smallest absolute Gasteiger partial charge is 0.104 e. The molecule has 2 rings (SSSR count). The Hall–Kier alpha value is -0.380. The van der Waals surface area contributed by atoms with Crippen molar-refractivity contribution >= 4 is 11.3 Å². The average Bonchev–Trinajstić information content (AvgIpc) is 2.71. The van der Waals surface area contributed by atoms with Gasteiger partial charge in [-0.05, 0) is 23.8 Å². The molecule has 0 bridgehead atoms. The Balaban J connectivity index is 1.82. The maximum absolute atomic E-state index is 5.88. The van der Waals surface area contributed by atoms with Gasteiger partial charge in [-0.15, -0.1) is 11.3 Å². The summed E-state index contributed by atoms with van der Waals surface area (Å²) in [6.45, 7) is 6.32. The number of morpholine rings is 1. The van der Waals surface area contributed by atoms with E-state index in [0.29, 0.717) is 6.04 Å². The van der Waals surface area contributed by atoms with Crippen LogP contribution in [0.1, 0.15) is 31.2 Å². The third-order valence-electron chi connectivity index (χ3n) is 2.71. The normalized spacial score (nSPS) is 27.1. The van der Waals surface area contributed by atoms with Crippen molar-refractivity contribution in [1.82, 2.24) is 5.32 Å². The molecular formula is C12H19NOS. The van der Waals surface area contributed by atoms with E-state index in [-0.39, 0.29) is 6.10 Å². The second-order valence-electron chi connectivity index (χ2n) is 4.57. The summed E-state index contributed by atoms with van der Waals surface area (Å²) in [5, 5.41) is 5.68. The van der Waals surface area contributed by atoms with Gasteiger partial charge in [0.2, 0.25) is 0 Å². The minimum Gasteiger partial charge on any atom is -0.370 e. The number of hydrogen-bond acceptors (Lipinski definition) is 3. The molecular weight excluding hydrogens is 206 g/mol. The summed E-state index contributed by atoms with van der Waals surface area (Å²) in [6.07, 6.45) is 1.48. The Bertz CT molecular complexity index is 276. The van der Waals surface area contributed by atoms with Crippen LogP contribution in [0.15, 0.2) is 17.5 Å². The van der Waals surface area contributed by atoms with Gasteiger partial charge < -0.3 is 10.1 Å². The van der Waals surface area contributed by atoms with E-state index in [4.69, 9.17) is 4.74 Å². The molecule has 2 unspecified atom stereocenters. The number of rotatable bonds is 3. The maximum Gasteiger partial charge on any atom is 0.104 e. The predicted molar refractivity (Wildman–Crippen MR) is 64.3 cm³/mol. The second kappa shape index (κ2) is 5.10. The van der Waals surface area contributed by atoms with Crippen molar-refractivity contribution in [2.45, 2.75) is 32.4 Å². The highest BCUT2D eigenvalue weighted by molar-refractivity contribution is 7.10. The molecule has 0 spiro atoms. The lowest BCUT2D eigenvalue weighted by atomic mass is 10.0. The first kappa shape index (κ1) is 11.1. The number of thiophene rings is 1. The van der Waals surface area contributed by atoms with Crippen molar-refractivity contribution < 1.29 is 4.74 Å². The zero-order chi connectivity index (χ0) is 10.7. The maximum atomic E-state index is 5.88. The fourth-order valence-electron chi connectivity index (χ4n) is 2.00. The second-order valence-corrected chi connectivity index (χ2v) is 5.55. The van der Waals surface area contributed by atoms with E-state index in [1.54, 1.807) is 11.3 Å². The Kier molecular flexibility index (Phi) is 3.78. The quantitative estimate of drug-likeness (QED) is 0.854. The minimum absolute atomic E-state index is 0.272. The lowest BCUT2D eigenvalue weighted by molar-refractivity contribution is 0.000659. The van der Waals surface area contributed by atoms with Crippen LogP contribution >= 0.6 is 11.3 Å². The molecule has 1 saturated heterocycles. The predicted octanol–water partition coefficient (Wildman–Crippen LogP) is 2.82. The van der Waals surface area contributed by atoms with Crippen molar-refractivity contribution in [1.29, 1.82) is 0 Å². The van der Waals surface area contributed by atoms with Gasteiger partial charge in [-0.2, -0.15) is 0 Å². The van der Waals surface area contributed by atoms with Crippen LogP contribution in [0.2, 0.25) is 0 Å². The molecule has 2 heterocycles. The molecule has 0 radical (unpaired) electrons. The average molecular weight is 225 g/mol. The van der Waals surface area contributed by atoms with Crippen molar-refractivity contribution in [3.63, 3.8) is 0 Å². The molecule has 3 heteroatoms. The van der Waals surface area contributed by atoms with Gasteiger partial charge in [-0.3, -0.25) is 0 Å². The molecule has 1 fully saturated rings. The van der Waals surface area contributed by atoms with Crippen LogP contribution in [-0.4, -0.2) is 19.2 Å². The van der Waals surface area contributed by atoms with E-state index in [1.807, 2.05) is 0 Å². The summed E-state index contributed by atoms with van der Waals surface area (Å²) >= 11 is 1.78. The third-order valence-corrected chi connectivity index (χ3v) is 3.67. The molecule has 1 aromatic heterocycles. The van der Waals surface area contributed by atoms with Gasteiger partial charge in [0.15, 0.2) is 0 Å². The summed E-state index contributed by atoms with van der Waals surface area (Å²) in [4.78, 5) is 1.34. The first-order valence-electron chi connectivity index (χ1n) is 5.64. The van der Waals surface area contributed by atoms with Gasteiger partial charge in [0, 0.05) is 17.5 Å². The Labute approximate surface area is 95.6 Å². The molecule has 0 saturated carbocycles. The molecule has 1 aliphatic rings. The van der Waals surface area contributed by atoms with E-state index in [9.17, 15) is 0 Å². The zero-order valence-corrected chi connectivity index (χ0v) is 10.2. The standard InChI is InChI=1S/C12H19NOS/c1-9(2)6-10-8-14-11(7-13-10)12-4-3-5-15-12/h3-5,9-11,13H,6-8H2,1-2H3. The first-order chi connectivity index (χ1) is 7.25. The zero-order valence-electron chi connectivity index (χ0n) is 9.40.